The van der Waals surface area contributed by atoms with Crippen LogP contribution in [0.25, 0.3) is 0 Å². The van der Waals surface area contributed by atoms with Gasteiger partial charge in [0, 0.05) is 12.3 Å². The van der Waals surface area contributed by atoms with Gasteiger partial charge in [0.2, 0.25) is 0 Å². The van der Waals surface area contributed by atoms with E-state index in [1.54, 1.807) is 7.11 Å². The largest absolute Gasteiger partial charge is 0.497 e. The van der Waals surface area contributed by atoms with Crippen molar-refractivity contribution in [1.29, 1.82) is 0 Å². The summed E-state index contributed by atoms with van der Waals surface area (Å²) in [6, 6.07) is 6.34. The van der Waals surface area contributed by atoms with Gasteiger partial charge in [-0.3, -0.25) is 4.79 Å². The molecule has 0 saturated heterocycles. The zero-order valence-corrected chi connectivity index (χ0v) is 12.0. The van der Waals surface area contributed by atoms with Gasteiger partial charge in [-0.1, -0.05) is 25.5 Å². The van der Waals surface area contributed by atoms with Crippen molar-refractivity contribution in [2.45, 2.75) is 45.4 Å². The van der Waals surface area contributed by atoms with Gasteiger partial charge in [0.15, 0.2) is 5.78 Å². The van der Waals surface area contributed by atoms with Gasteiger partial charge in [-0.05, 0) is 48.6 Å². The molecule has 1 unspecified atom stereocenters. The molecule has 0 amide bonds. The summed E-state index contributed by atoms with van der Waals surface area (Å²) in [5.74, 6) is 1.66. The van der Waals surface area contributed by atoms with E-state index in [4.69, 9.17) is 4.74 Å². The standard InChI is InChI=1S/C15H16O2.C2H6/c1-17-13-6-4-10-2-3-11-8-12(16)5-7-14(11)15(10)9-13;1-2/h4,6,8-9,14H,2-3,5,7H2,1H3;1-2H3. The second-order valence-corrected chi connectivity index (χ2v) is 4.84. The Bertz CT molecular complexity index is 500. The first-order chi connectivity index (χ1) is 9.28. The van der Waals surface area contributed by atoms with Crippen LogP contribution in [0.4, 0.5) is 0 Å². The lowest BCUT2D eigenvalue weighted by Gasteiger charge is -2.31. The predicted molar refractivity (Wildman–Crippen MR) is 77.7 cm³/mol. The first-order valence-corrected chi connectivity index (χ1v) is 7.18. The maximum absolute atomic E-state index is 11.5. The van der Waals surface area contributed by atoms with Gasteiger partial charge in [0.1, 0.15) is 5.75 Å². The smallest absolute Gasteiger partial charge is 0.155 e. The first-order valence-electron chi connectivity index (χ1n) is 7.18. The number of allylic oxidation sites excluding steroid dienone is 2. The Morgan fingerprint density at radius 3 is 2.68 bits per heavy atom. The van der Waals surface area contributed by atoms with Crippen LogP contribution in [-0.2, 0) is 11.2 Å². The maximum Gasteiger partial charge on any atom is 0.155 e. The number of rotatable bonds is 1. The number of fused-ring (bicyclic) bond motifs is 3. The molecule has 0 fully saturated rings. The summed E-state index contributed by atoms with van der Waals surface area (Å²) in [4.78, 5) is 11.5. The number of ketones is 1. The Hall–Kier alpha value is -1.57. The second-order valence-electron chi connectivity index (χ2n) is 4.84. The summed E-state index contributed by atoms with van der Waals surface area (Å²) >= 11 is 0. The molecular weight excluding hydrogens is 236 g/mol. The van der Waals surface area contributed by atoms with Gasteiger partial charge in [-0.25, -0.2) is 0 Å². The van der Waals surface area contributed by atoms with E-state index in [1.807, 2.05) is 26.0 Å². The van der Waals surface area contributed by atoms with Crippen LogP contribution in [-0.4, -0.2) is 12.9 Å². The van der Waals surface area contributed by atoms with Crippen LogP contribution >= 0.6 is 0 Å². The van der Waals surface area contributed by atoms with Gasteiger partial charge in [0.25, 0.3) is 0 Å². The summed E-state index contributed by atoms with van der Waals surface area (Å²) < 4.78 is 5.29. The highest BCUT2D eigenvalue weighted by Gasteiger charge is 2.28. The molecule has 0 heterocycles. The number of carbonyl (C=O) groups is 1. The van der Waals surface area contributed by atoms with Crippen LogP contribution < -0.4 is 4.74 Å². The molecule has 0 radical (unpaired) electrons. The predicted octanol–water partition coefficient (Wildman–Crippen LogP) is 4.04. The number of methoxy groups -OCH3 is 1. The van der Waals surface area contributed by atoms with E-state index in [0.717, 1.165) is 25.0 Å². The zero-order valence-electron chi connectivity index (χ0n) is 12.0. The first kappa shape index (κ1) is 13.9. The topological polar surface area (TPSA) is 26.3 Å². The molecule has 19 heavy (non-hydrogen) atoms. The molecular formula is C17H22O2. The minimum absolute atomic E-state index is 0.294. The highest BCUT2D eigenvalue weighted by atomic mass is 16.5. The van der Waals surface area contributed by atoms with E-state index in [1.165, 1.54) is 16.7 Å². The van der Waals surface area contributed by atoms with E-state index in [-0.39, 0.29) is 0 Å². The SMILES string of the molecule is CC.COc1ccc2c(c1)C1CCC(=O)C=C1CC2. The summed E-state index contributed by atoms with van der Waals surface area (Å²) in [7, 11) is 1.70. The molecule has 2 heteroatoms. The third kappa shape index (κ3) is 2.73. The fourth-order valence-corrected chi connectivity index (χ4v) is 2.98. The number of hydrogen-bond donors (Lipinski definition) is 0. The Kier molecular flexibility index (Phi) is 4.41. The van der Waals surface area contributed by atoms with Gasteiger partial charge in [-0.2, -0.15) is 0 Å². The highest BCUT2D eigenvalue weighted by Crippen LogP contribution is 2.42. The monoisotopic (exact) mass is 258 g/mol. The van der Waals surface area contributed by atoms with Crippen LogP contribution in [0, 0.1) is 0 Å². The van der Waals surface area contributed by atoms with E-state index in [0.29, 0.717) is 18.1 Å². The van der Waals surface area contributed by atoms with Crippen LogP contribution in [0.15, 0.2) is 29.8 Å². The Morgan fingerprint density at radius 2 is 1.95 bits per heavy atom. The average molecular weight is 258 g/mol. The summed E-state index contributed by atoms with van der Waals surface area (Å²) in [6.45, 7) is 4.00. The quantitative estimate of drug-likeness (QED) is 0.760. The summed E-state index contributed by atoms with van der Waals surface area (Å²) in [5.41, 5.74) is 4.11. The second kappa shape index (κ2) is 6.05. The molecule has 1 aromatic carbocycles. The van der Waals surface area contributed by atoms with Crippen molar-refractivity contribution in [2.24, 2.45) is 0 Å². The van der Waals surface area contributed by atoms with Crippen LogP contribution in [0.2, 0.25) is 0 Å². The van der Waals surface area contributed by atoms with E-state index >= 15 is 0 Å². The minimum atomic E-state index is 0.294. The van der Waals surface area contributed by atoms with E-state index in [9.17, 15) is 4.79 Å². The number of benzene rings is 1. The molecule has 0 N–H and O–H groups in total. The Balaban J connectivity index is 0.000000637. The molecule has 102 valence electrons. The third-order valence-electron chi connectivity index (χ3n) is 3.88. The van der Waals surface area contributed by atoms with E-state index < -0.39 is 0 Å². The van der Waals surface area contributed by atoms with Crippen LogP contribution in [0.5, 0.6) is 5.75 Å². The molecule has 0 spiro atoms. The molecule has 2 nitrogen and oxygen atoms in total. The van der Waals surface area contributed by atoms with E-state index in [2.05, 4.69) is 12.1 Å². The average Bonchev–Trinajstić information content (AvgIpc) is 2.48. The molecule has 1 atom stereocenters. The van der Waals surface area contributed by atoms with Gasteiger partial charge < -0.3 is 4.74 Å². The maximum atomic E-state index is 11.5. The van der Waals surface area contributed by atoms with Crippen molar-refractivity contribution < 1.29 is 9.53 Å². The Labute approximate surface area is 115 Å². The van der Waals surface area contributed by atoms with Crippen LogP contribution in [0.3, 0.4) is 0 Å². The number of carbonyl (C=O) groups excluding carboxylic acids is 1. The van der Waals surface area contributed by atoms with Crippen molar-refractivity contribution in [2.75, 3.05) is 7.11 Å². The lowest BCUT2D eigenvalue weighted by molar-refractivity contribution is -0.115. The fourth-order valence-electron chi connectivity index (χ4n) is 2.98. The fraction of sp³-hybridized carbons (Fsp3) is 0.471. The number of aryl methyl sites for hydroxylation is 1. The van der Waals surface area contributed by atoms with Crippen LogP contribution in [0.1, 0.15) is 50.2 Å². The van der Waals surface area contributed by atoms with Crippen molar-refractivity contribution >= 4 is 5.78 Å². The normalized spacial score (nSPS) is 20.5. The van der Waals surface area contributed by atoms with Crippen molar-refractivity contribution in [1.82, 2.24) is 0 Å². The zero-order chi connectivity index (χ0) is 13.8. The molecule has 0 aromatic heterocycles. The number of hydrogen-bond acceptors (Lipinski definition) is 2. The van der Waals surface area contributed by atoms with Gasteiger partial charge in [0.05, 0.1) is 7.11 Å². The van der Waals surface area contributed by atoms with Crippen molar-refractivity contribution in [3.8, 4) is 5.75 Å². The molecule has 0 aliphatic heterocycles. The van der Waals surface area contributed by atoms with Crippen molar-refractivity contribution in [3.63, 3.8) is 0 Å². The third-order valence-corrected chi connectivity index (χ3v) is 3.88. The molecule has 1 aromatic rings. The lowest BCUT2D eigenvalue weighted by Crippen LogP contribution is -2.18. The van der Waals surface area contributed by atoms with Crippen molar-refractivity contribution in [3.05, 3.63) is 41.0 Å². The summed E-state index contributed by atoms with van der Waals surface area (Å²) in [5, 5.41) is 0. The molecule has 0 bridgehead atoms. The summed E-state index contributed by atoms with van der Waals surface area (Å²) in [6.07, 6.45) is 5.61. The highest BCUT2D eigenvalue weighted by molar-refractivity contribution is 5.91. The van der Waals surface area contributed by atoms with Gasteiger partial charge >= 0.3 is 0 Å². The molecule has 0 saturated carbocycles. The minimum Gasteiger partial charge on any atom is -0.497 e. The number of ether oxygens (including phenoxy) is 1. The molecule has 2 aliphatic carbocycles. The molecule has 2 aliphatic rings. The molecule has 3 rings (SSSR count). The Morgan fingerprint density at radius 1 is 1.16 bits per heavy atom. The lowest BCUT2D eigenvalue weighted by atomic mass is 9.73. The van der Waals surface area contributed by atoms with Gasteiger partial charge in [-0.15, -0.1) is 0 Å².